The van der Waals surface area contributed by atoms with E-state index in [0.717, 1.165) is 39.8 Å². The van der Waals surface area contributed by atoms with E-state index in [1.807, 2.05) is 63.2 Å². The number of hydrogen-bond donors (Lipinski definition) is 2. The second-order valence-electron chi connectivity index (χ2n) is 11.9. The summed E-state index contributed by atoms with van der Waals surface area (Å²) in [7, 11) is 0. The quantitative estimate of drug-likeness (QED) is 0.299. The standard InChI is InChI=1S/C34H38FNO5/c1-6-40-33(38)27-17-26(27)21-7-9-23(10-8-21)41-29-14-12-25-24(11-13-28(35)31(25)29)30-19(2)15-22(16-20(30)3)32(37)36-18-34(4,5)39/h7-11,13,15-16,26-27,29,39H,6,12,14,17-18H2,1-5H3,(H,36,37). The molecule has 2 N–H and O–H groups in total. The monoisotopic (exact) mass is 559 g/mol. The third-order valence-electron chi connectivity index (χ3n) is 7.99. The van der Waals surface area contributed by atoms with Crippen LogP contribution in [0.3, 0.4) is 0 Å². The Hall–Kier alpha value is -3.71. The molecule has 3 aromatic carbocycles. The topological polar surface area (TPSA) is 84.9 Å². The van der Waals surface area contributed by atoms with Crippen molar-refractivity contribution in [3.8, 4) is 16.9 Å². The van der Waals surface area contributed by atoms with Gasteiger partial charge in [-0.2, -0.15) is 0 Å². The van der Waals surface area contributed by atoms with Crippen LogP contribution in [0.25, 0.3) is 11.1 Å². The van der Waals surface area contributed by atoms with Gasteiger partial charge in [0.05, 0.1) is 18.1 Å². The second-order valence-corrected chi connectivity index (χ2v) is 11.9. The number of benzene rings is 3. The third-order valence-corrected chi connectivity index (χ3v) is 7.99. The predicted octanol–water partition coefficient (Wildman–Crippen LogP) is 6.34. The molecular formula is C34H38FNO5. The first-order chi connectivity index (χ1) is 19.5. The van der Waals surface area contributed by atoms with Crippen LogP contribution in [0, 0.1) is 25.6 Å². The Morgan fingerprint density at radius 1 is 1.07 bits per heavy atom. The van der Waals surface area contributed by atoms with Gasteiger partial charge in [0.25, 0.3) is 5.91 Å². The minimum Gasteiger partial charge on any atom is -0.486 e. The van der Waals surface area contributed by atoms with E-state index in [0.29, 0.717) is 36.3 Å². The third kappa shape index (κ3) is 6.15. The van der Waals surface area contributed by atoms with Crippen molar-refractivity contribution in [1.82, 2.24) is 5.32 Å². The van der Waals surface area contributed by atoms with Crippen molar-refractivity contribution in [3.05, 3.63) is 87.7 Å². The molecule has 2 aliphatic rings. The van der Waals surface area contributed by atoms with Crippen LogP contribution < -0.4 is 10.1 Å². The van der Waals surface area contributed by atoms with Crippen molar-refractivity contribution in [3.63, 3.8) is 0 Å². The lowest BCUT2D eigenvalue weighted by atomic mass is 9.89. The average molecular weight is 560 g/mol. The molecule has 0 saturated heterocycles. The van der Waals surface area contributed by atoms with Crippen LogP contribution in [0.15, 0.2) is 48.5 Å². The molecule has 0 spiro atoms. The van der Waals surface area contributed by atoms with Crippen LogP contribution >= 0.6 is 0 Å². The van der Waals surface area contributed by atoms with E-state index in [1.165, 1.54) is 6.07 Å². The molecule has 41 heavy (non-hydrogen) atoms. The Balaban J connectivity index is 1.34. The summed E-state index contributed by atoms with van der Waals surface area (Å²) in [6.45, 7) is 9.56. The first kappa shape index (κ1) is 28.8. The Morgan fingerprint density at radius 2 is 1.76 bits per heavy atom. The summed E-state index contributed by atoms with van der Waals surface area (Å²) in [5.74, 6) is 0.113. The van der Waals surface area contributed by atoms with Crippen molar-refractivity contribution in [2.75, 3.05) is 13.2 Å². The molecule has 0 aliphatic heterocycles. The molecule has 3 atom stereocenters. The van der Waals surface area contributed by atoms with E-state index in [-0.39, 0.29) is 36.1 Å². The van der Waals surface area contributed by atoms with Crippen LogP contribution in [-0.2, 0) is 16.0 Å². The molecule has 0 aromatic heterocycles. The zero-order valence-electron chi connectivity index (χ0n) is 24.3. The maximum absolute atomic E-state index is 15.3. The van der Waals surface area contributed by atoms with E-state index in [9.17, 15) is 14.7 Å². The molecule has 3 aromatic rings. The number of carbonyl (C=O) groups is 2. The summed E-state index contributed by atoms with van der Waals surface area (Å²) in [5.41, 5.74) is 5.93. The van der Waals surface area contributed by atoms with Crippen molar-refractivity contribution in [2.45, 2.75) is 71.5 Å². The number of rotatable bonds is 9. The van der Waals surface area contributed by atoms with Crippen LogP contribution in [-0.4, -0.2) is 35.7 Å². The summed E-state index contributed by atoms with van der Waals surface area (Å²) < 4.78 is 26.7. The SMILES string of the molecule is CCOC(=O)C1CC1c1ccc(OC2CCc3c(-c4c(C)cc(C(=O)NCC(C)(C)O)cc4C)ccc(F)c32)cc1. The van der Waals surface area contributed by atoms with Gasteiger partial charge in [-0.3, -0.25) is 9.59 Å². The molecule has 7 heteroatoms. The highest BCUT2D eigenvalue weighted by molar-refractivity contribution is 5.96. The summed E-state index contributed by atoms with van der Waals surface area (Å²) in [4.78, 5) is 24.7. The highest BCUT2D eigenvalue weighted by Crippen LogP contribution is 2.49. The predicted molar refractivity (Wildman–Crippen MR) is 156 cm³/mol. The van der Waals surface area contributed by atoms with Gasteiger partial charge in [0.1, 0.15) is 17.7 Å². The first-order valence-electron chi connectivity index (χ1n) is 14.3. The number of ether oxygens (including phenoxy) is 2. The molecule has 0 bridgehead atoms. The average Bonchev–Trinajstić information content (AvgIpc) is 3.61. The van der Waals surface area contributed by atoms with Crippen molar-refractivity contribution in [1.29, 1.82) is 0 Å². The number of amides is 1. The number of halogens is 1. The lowest BCUT2D eigenvalue weighted by molar-refractivity contribution is -0.144. The lowest BCUT2D eigenvalue weighted by Crippen LogP contribution is -2.38. The van der Waals surface area contributed by atoms with Crippen molar-refractivity contribution < 1.29 is 28.6 Å². The molecular weight excluding hydrogens is 521 g/mol. The number of nitrogens with one attached hydrogen (secondary N) is 1. The smallest absolute Gasteiger partial charge is 0.309 e. The minimum atomic E-state index is -1.00. The largest absolute Gasteiger partial charge is 0.486 e. The Labute approximate surface area is 240 Å². The molecule has 3 unspecified atom stereocenters. The maximum Gasteiger partial charge on any atom is 0.309 e. The number of hydrogen-bond acceptors (Lipinski definition) is 5. The fourth-order valence-corrected chi connectivity index (χ4v) is 5.97. The molecule has 1 amide bonds. The van der Waals surface area contributed by atoms with Crippen molar-refractivity contribution in [2.24, 2.45) is 5.92 Å². The van der Waals surface area contributed by atoms with Gasteiger partial charge < -0.3 is 19.9 Å². The molecule has 5 rings (SSSR count). The number of carbonyl (C=O) groups excluding carboxylic acids is 2. The van der Waals surface area contributed by atoms with E-state index in [4.69, 9.17) is 9.47 Å². The van der Waals surface area contributed by atoms with E-state index < -0.39 is 11.7 Å². The fourth-order valence-electron chi connectivity index (χ4n) is 5.97. The summed E-state index contributed by atoms with van der Waals surface area (Å²) in [6, 6.07) is 14.8. The van der Waals surface area contributed by atoms with E-state index >= 15 is 4.39 Å². The van der Waals surface area contributed by atoms with E-state index in [1.54, 1.807) is 13.8 Å². The molecule has 1 saturated carbocycles. The van der Waals surface area contributed by atoms with Gasteiger partial charge >= 0.3 is 5.97 Å². The molecule has 6 nitrogen and oxygen atoms in total. The summed E-state index contributed by atoms with van der Waals surface area (Å²) in [5, 5.41) is 12.7. The van der Waals surface area contributed by atoms with Gasteiger partial charge in [-0.1, -0.05) is 18.2 Å². The van der Waals surface area contributed by atoms with Gasteiger partial charge in [0, 0.05) is 17.7 Å². The van der Waals surface area contributed by atoms with Gasteiger partial charge in [-0.15, -0.1) is 0 Å². The highest BCUT2D eigenvalue weighted by Gasteiger charge is 2.45. The molecule has 1 fully saturated rings. The highest BCUT2D eigenvalue weighted by atomic mass is 19.1. The van der Waals surface area contributed by atoms with Gasteiger partial charge in [-0.05, 0) is 124 Å². The Morgan fingerprint density at radius 3 is 2.39 bits per heavy atom. The lowest BCUT2D eigenvalue weighted by Gasteiger charge is -2.20. The minimum absolute atomic E-state index is 0.0704. The van der Waals surface area contributed by atoms with Crippen molar-refractivity contribution >= 4 is 11.9 Å². The van der Waals surface area contributed by atoms with Gasteiger partial charge in [-0.25, -0.2) is 4.39 Å². The van der Waals surface area contributed by atoms with Crippen LogP contribution in [0.1, 0.15) is 83.8 Å². The fraction of sp³-hybridized carbons (Fsp3) is 0.412. The number of aryl methyl sites for hydroxylation is 2. The zero-order chi connectivity index (χ0) is 29.5. The summed E-state index contributed by atoms with van der Waals surface area (Å²) >= 11 is 0. The molecule has 0 heterocycles. The molecule has 216 valence electrons. The summed E-state index contributed by atoms with van der Waals surface area (Å²) in [6.07, 6.45) is 1.74. The first-order valence-corrected chi connectivity index (χ1v) is 14.3. The normalized spacial score (nSPS) is 19.4. The molecule has 0 radical (unpaired) electrons. The van der Waals surface area contributed by atoms with Gasteiger partial charge in [0.15, 0.2) is 0 Å². The van der Waals surface area contributed by atoms with Crippen LogP contribution in [0.4, 0.5) is 4.39 Å². The van der Waals surface area contributed by atoms with E-state index in [2.05, 4.69) is 5.32 Å². The van der Waals surface area contributed by atoms with Crippen LogP contribution in [0.5, 0.6) is 5.75 Å². The molecule has 2 aliphatic carbocycles. The van der Waals surface area contributed by atoms with Gasteiger partial charge in [0.2, 0.25) is 0 Å². The number of fused-ring (bicyclic) bond motifs is 1. The maximum atomic E-state index is 15.3. The number of esters is 1. The zero-order valence-corrected chi connectivity index (χ0v) is 24.3. The Bertz CT molecular complexity index is 1450. The number of aliphatic hydroxyl groups is 1. The second kappa shape index (κ2) is 11.3. The van der Waals surface area contributed by atoms with Crippen LogP contribution in [0.2, 0.25) is 0 Å². The Kier molecular flexibility index (Phi) is 7.93.